The first-order valence-corrected chi connectivity index (χ1v) is 32.0. The molecule has 1 aliphatic rings. The summed E-state index contributed by atoms with van der Waals surface area (Å²) in [6.07, 6.45) is 5.43. The van der Waals surface area contributed by atoms with Crippen molar-refractivity contribution in [2.75, 3.05) is 43.4 Å². The van der Waals surface area contributed by atoms with Crippen molar-refractivity contribution < 1.29 is 53.0 Å². The first-order valence-electron chi connectivity index (χ1n) is 29.5. The summed E-state index contributed by atoms with van der Waals surface area (Å²) in [5.74, 6) is -7.60. The van der Waals surface area contributed by atoms with E-state index in [0.717, 1.165) is 47.5 Å². The van der Waals surface area contributed by atoms with Crippen LogP contribution < -0.4 is 60.1 Å². The Kier molecular flexibility index (Phi) is 26.4. The Labute approximate surface area is 532 Å². The van der Waals surface area contributed by atoms with Crippen molar-refractivity contribution in [1.29, 1.82) is 0 Å². The third-order valence-electron chi connectivity index (χ3n) is 14.8. The zero-order chi connectivity index (χ0) is 65.4. The molecule has 0 unspecified atom stereocenters. The number of Topliss-reactive ketones (excluding diaryl/α,β-unsaturated/α-hetero) is 1. The van der Waals surface area contributed by atoms with Crippen LogP contribution in [0.2, 0.25) is 0 Å². The number of pyridine rings is 1. The molecule has 0 bridgehead atoms. The number of aromatic amines is 1. The molecule has 1 aliphatic heterocycles. The van der Waals surface area contributed by atoms with Gasteiger partial charge in [-0.05, 0) is 98.7 Å². The Bertz CT molecular complexity index is 3530. The summed E-state index contributed by atoms with van der Waals surface area (Å²) >= 11 is 0. The number of unbranched alkanes of at least 4 members (excludes halogenated alkanes) is 1. The van der Waals surface area contributed by atoms with Crippen molar-refractivity contribution in [2.45, 2.75) is 114 Å². The first kappa shape index (κ1) is 69.3. The maximum Gasteiger partial charge on any atom is 0.349 e. The number of nitrogen functional groups attached to an aromatic ring is 1. The molecule has 7 rings (SSSR count). The fourth-order valence-corrected chi connectivity index (χ4v) is 12.1. The van der Waals surface area contributed by atoms with E-state index in [0.29, 0.717) is 29.5 Å². The number of nitrogens with zero attached hydrogens (tertiary/aromatic N) is 4. The van der Waals surface area contributed by atoms with E-state index in [1.165, 1.54) is 43.7 Å². The maximum absolute atomic E-state index is 15.1. The second-order valence-corrected chi connectivity index (χ2v) is 24.3. The van der Waals surface area contributed by atoms with Crippen LogP contribution in [0.15, 0.2) is 127 Å². The van der Waals surface area contributed by atoms with Crippen LogP contribution in [-0.4, -0.2) is 169 Å². The molecule has 8 atom stereocenters. The Morgan fingerprint density at radius 2 is 1.45 bits per heavy atom. The SMILES string of the molecule is CC(=O)[C@H](Cc1ccc(O)cc1)NC(=O)[C@@H](NC(=O)[C@H]1CSSC[C@@H](NC(=O)CN(CCN)C(=O)Cn2ccc(N)nc2=O)C(=O)N[C@@H](Cc2cccnc2)C(=O)N[C@H](Cc2c[nH]c3ccccc23)C(=O)N[C@@H](CCCCN)C(=O)N1)[C@@H](C)OCc1ccccc1. The number of phenolic OH excluding ortho intramolecular Hbond substituents is 1. The molecule has 15 N–H and O–H groups in total. The van der Waals surface area contributed by atoms with Gasteiger partial charge in [-0.15, -0.1) is 0 Å². The third-order valence-corrected chi connectivity index (χ3v) is 17.2. The predicted octanol–water partition coefficient (Wildman–Crippen LogP) is 0.0347. The number of rotatable bonds is 26. The number of phenols is 1. The average Bonchev–Trinajstić information content (AvgIpc) is 1.88. The van der Waals surface area contributed by atoms with E-state index in [4.69, 9.17) is 21.9 Å². The van der Waals surface area contributed by atoms with Crippen LogP contribution in [0, 0.1) is 0 Å². The number of aromatic nitrogens is 4. The van der Waals surface area contributed by atoms with Crippen LogP contribution in [0.4, 0.5) is 5.82 Å². The number of nitrogens with one attached hydrogen (secondary N) is 8. The molecule has 8 amide bonds. The summed E-state index contributed by atoms with van der Waals surface area (Å²) < 4.78 is 7.20. The number of carbonyl (C=O) groups is 9. The number of ether oxygens (including phenoxy) is 1. The molecule has 0 radical (unpaired) electrons. The Balaban J connectivity index is 1.24. The molecule has 29 heteroatoms. The molecule has 0 spiro atoms. The number of ketones is 1. The highest BCUT2D eigenvalue weighted by molar-refractivity contribution is 8.76. The number of H-pyrrole nitrogens is 1. The number of para-hydroxylation sites is 1. The zero-order valence-electron chi connectivity index (χ0n) is 50.3. The monoisotopic (exact) mass is 1290 g/mol. The first-order chi connectivity index (χ1) is 43.8. The second kappa shape index (κ2) is 34.7. The highest BCUT2D eigenvalue weighted by Gasteiger charge is 2.37. The molecule has 0 aliphatic carbocycles. The Hall–Kier alpha value is -9.16. The fourth-order valence-electron chi connectivity index (χ4n) is 9.79. The van der Waals surface area contributed by atoms with Crippen LogP contribution in [0.5, 0.6) is 5.75 Å². The van der Waals surface area contributed by atoms with Crippen molar-refractivity contribution in [1.82, 2.24) is 61.6 Å². The van der Waals surface area contributed by atoms with Gasteiger partial charge in [0.2, 0.25) is 47.3 Å². The summed E-state index contributed by atoms with van der Waals surface area (Å²) in [5, 5.41) is 30.1. The average molecular weight is 1290 g/mol. The lowest BCUT2D eigenvalue weighted by atomic mass is 10.0. The van der Waals surface area contributed by atoms with Crippen LogP contribution in [0.25, 0.3) is 10.9 Å². The molecule has 6 aromatic rings. The van der Waals surface area contributed by atoms with Crippen molar-refractivity contribution in [3.05, 3.63) is 155 Å². The molecule has 3 aromatic carbocycles. The summed E-state index contributed by atoms with van der Waals surface area (Å²) in [6.45, 7) is 1.67. The molecule has 4 heterocycles. The number of aromatic hydroxyl groups is 1. The van der Waals surface area contributed by atoms with Crippen molar-refractivity contribution in [3.63, 3.8) is 0 Å². The third kappa shape index (κ3) is 21.2. The van der Waals surface area contributed by atoms with Crippen LogP contribution in [-0.2, 0) is 80.3 Å². The van der Waals surface area contributed by atoms with Crippen LogP contribution in [0.3, 0.4) is 0 Å². The summed E-state index contributed by atoms with van der Waals surface area (Å²) in [7, 11) is 1.97. The lowest BCUT2D eigenvalue weighted by Crippen LogP contribution is -2.62. The van der Waals surface area contributed by atoms with Crippen molar-refractivity contribution >= 4 is 91.3 Å². The van der Waals surface area contributed by atoms with Gasteiger partial charge in [-0.1, -0.05) is 88.3 Å². The van der Waals surface area contributed by atoms with Crippen molar-refractivity contribution in [3.8, 4) is 5.75 Å². The molecule has 484 valence electrons. The normalized spacial score (nSPS) is 18.6. The van der Waals surface area contributed by atoms with Crippen LogP contribution >= 0.6 is 21.6 Å². The maximum atomic E-state index is 15.1. The Morgan fingerprint density at radius 1 is 0.769 bits per heavy atom. The quantitative estimate of drug-likeness (QED) is 0.0252. The van der Waals surface area contributed by atoms with Crippen molar-refractivity contribution in [2.24, 2.45) is 11.5 Å². The minimum Gasteiger partial charge on any atom is -0.508 e. The molecular formula is C62H77N15O12S2. The van der Waals surface area contributed by atoms with Gasteiger partial charge in [0.25, 0.3) is 0 Å². The van der Waals surface area contributed by atoms with Gasteiger partial charge in [0.1, 0.15) is 54.4 Å². The number of carbonyl (C=O) groups excluding carboxylic acids is 9. The zero-order valence-corrected chi connectivity index (χ0v) is 52.0. The molecular weight excluding hydrogens is 1210 g/mol. The Morgan fingerprint density at radius 3 is 2.15 bits per heavy atom. The number of fused-ring (bicyclic) bond motifs is 1. The van der Waals surface area contributed by atoms with E-state index in [1.807, 2.05) is 24.3 Å². The standard InChI is InChI=1S/C62H77N15O12S2/c1-37(78)47(27-39-17-19-43(79)20-18-39)70-61(87)55(38(2)89-34-40-11-4-3-5-12-40)75-60(86)51-36-91-90-35-50(68-53(80)32-76(26-23-64)54(81)33-77-25-21-52(65)74-62(77)88)59(85)71-48(28-41-13-10-24-66-30-41)57(83)72-49(29-42-31-67-45-15-7-6-14-44(42)45)58(84)69-46(56(82)73-51)16-8-9-22-63/h3-7,10-15,17-21,24-25,30-31,38,46-51,55,67,79H,8-9,16,22-23,26-29,32-36,63-64H2,1-2H3,(H,68,80)(H,69,84)(H,70,87)(H,71,85)(H,72,83)(H,73,82)(H,75,86)(H2,65,74,88)/t38-,46+,47+,48+,49-,50-,51-,55+/m1/s1. The lowest BCUT2D eigenvalue weighted by Gasteiger charge is -2.29. The van der Waals surface area contributed by atoms with Gasteiger partial charge >= 0.3 is 5.69 Å². The number of amides is 8. The largest absolute Gasteiger partial charge is 0.508 e. The molecule has 91 heavy (non-hydrogen) atoms. The van der Waals surface area contributed by atoms with Gasteiger partial charge in [-0.3, -0.25) is 52.7 Å². The lowest BCUT2D eigenvalue weighted by molar-refractivity contribution is -0.137. The summed E-state index contributed by atoms with van der Waals surface area (Å²) in [4.78, 5) is 155. The summed E-state index contributed by atoms with van der Waals surface area (Å²) in [5.41, 5.74) is 19.8. The number of hydrogen-bond acceptors (Lipinski definition) is 19. The van der Waals surface area contributed by atoms with Gasteiger partial charge in [0.05, 0.1) is 25.3 Å². The van der Waals surface area contributed by atoms with E-state index in [9.17, 15) is 48.3 Å². The van der Waals surface area contributed by atoms with Gasteiger partial charge < -0.3 is 74.1 Å². The van der Waals surface area contributed by atoms with Crippen LogP contribution in [0.1, 0.15) is 55.4 Å². The number of anilines is 1. The highest BCUT2D eigenvalue weighted by Crippen LogP contribution is 2.25. The second-order valence-electron chi connectivity index (χ2n) is 21.7. The number of hydrogen-bond donors (Lipinski definition) is 12. The van der Waals surface area contributed by atoms with E-state index in [2.05, 4.69) is 52.2 Å². The predicted molar refractivity (Wildman–Crippen MR) is 343 cm³/mol. The topological polar surface area (TPSA) is 412 Å². The van der Waals surface area contributed by atoms with Gasteiger partial charge in [0.15, 0.2) is 5.78 Å². The van der Waals surface area contributed by atoms with Gasteiger partial charge in [-0.25, -0.2) is 4.79 Å². The number of benzene rings is 3. The van der Waals surface area contributed by atoms with Gasteiger partial charge in [-0.2, -0.15) is 4.98 Å². The smallest absolute Gasteiger partial charge is 0.349 e. The fraction of sp³-hybridized carbons (Fsp3) is 0.387. The highest BCUT2D eigenvalue weighted by atomic mass is 33.1. The molecule has 1 fully saturated rings. The van der Waals surface area contributed by atoms with Gasteiger partial charge in [0, 0.05) is 73.1 Å². The van der Waals surface area contributed by atoms with E-state index in [-0.39, 0.29) is 75.0 Å². The van der Waals surface area contributed by atoms with E-state index in [1.54, 1.807) is 67.7 Å². The number of nitrogens with two attached hydrogens (primary N) is 3. The summed E-state index contributed by atoms with van der Waals surface area (Å²) in [6, 6.07) is 17.2. The minimum absolute atomic E-state index is 0.00339. The molecule has 0 saturated carbocycles. The van der Waals surface area contributed by atoms with E-state index < -0.39 is 120 Å². The molecule has 1 saturated heterocycles. The minimum atomic E-state index is -1.51. The molecule has 3 aromatic heterocycles. The van der Waals surface area contributed by atoms with E-state index >= 15 is 4.79 Å². The molecule has 27 nitrogen and oxygen atoms in total.